The van der Waals surface area contributed by atoms with Gasteiger partial charge in [0, 0.05) is 28.2 Å². The van der Waals surface area contributed by atoms with Crippen LogP contribution >= 0.6 is 15.9 Å². The van der Waals surface area contributed by atoms with Crippen molar-refractivity contribution in [3.05, 3.63) is 71.3 Å². The first kappa shape index (κ1) is 20.3. The molecule has 3 heterocycles. The van der Waals surface area contributed by atoms with Crippen LogP contribution in [0.4, 0.5) is 0 Å². The number of fused-ring (bicyclic) bond motifs is 1. The molecule has 158 valence electrons. The molecule has 0 saturated carbocycles. The molecule has 0 atom stereocenters. The Morgan fingerprint density at radius 3 is 2.52 bits per heavy atom. The zero-order valence-corrected chi connectivity index (χ0v) is 19.1. The lowest BCUT2D eigenvalue weighted by Gasteiger charge is -2.14. The third-order valence-corrected chi connectivity index (χ3v) is 6.34. The van der Waals surface area contributed by atoms with Crippen molar-refractivity contribution >= 4 is 27.0 Å². The van der Waals surface area contributed by atoms with Crippen molar-refractivity contribution in [2.75, 3.05) is 26.2 Å². The molecule has 5 heteroatoms. The number of aromatic nitrogens is 2. The molecule has 5 rings (SSSR count). The number of likely N-dealkylation sites (tertiary alicyclic amines) is 1. The summed E-state index contributed by atoms with van der Waals surface area (Å²) in [5, 5.41) is 1.10. The Hall–Kier alpha value is -2.63. The third-order valence-electron chi connectivity index (χ3n) is 5.91. The van der Waals surface area contributed by atoms with Gasteiger partial charge < -0.3 is 14.6 Å². The second-order valence-corrected chi connectivity index (χ2v) is 8.98. The zero-order chi connectivity index (χ0) is 21.0. The van der Waals surface area contributed by atoms with Gasteiger partial charge in [-0.3, -0.25) is 0 Å². The van der Waals surface area contributed by atoms with E-state index >= 15 is 0 Å². The Bertz CT molecular complexity index is 1150. The fourth-order valence-corrected chi connectivity index (χ4v) is 4.70. The van der Waals surface area contributed by atoms with Crippen LogP contribution in [0.3, 0.4) is 0 Å². The topological polar surface area (TPSA) is 41.1 Å². The molecule has 0 amide bonds. The van der Waals surface area contributed by atoms with E-state index in [0.29, 0.717) is 0 Å². The number of pyridine rings is 1. The molecule has 1 saturated heterocycles. The maximum Gasteiger partial charge on any atom is 0.138 e. The van der Waals surface area contributed by atoms with Gasteiger partial charge in [-0.2, -0.15) is 0 Å². The summed E-state index contributed by atoms with van der Waals surface area (Å²) in [6.45, 7) is 4.38. The van der Waals surface area contributed by atoms with Crippen LogP contribution in [0.2, 0.25) is 0 Å². The van der Waals surface area contributed by atoms with Crippen molar-refractivity contribution in [3.63, 3.8) is 0 Å². The van der Waals surface area contributed by atoms with E-state index in [2.05, 4.69) is 85.4 Å². The number of aromatic amines is 1. The van der Waals surface area contributed by atoms with Gasteiger partial charge in [0.15, 0.2) is 0 Å². The number of nitrogens with zero attached hydrogens (tertiary/aromatic N) is 2. The highest BCUT2D eigenvalue weighted by atomic mass is 79.9. The minimum absolute atomic E-state index is 0.759. The van der Waals surface area contributed by atoms with Crippen molar-refractivity contribution < 1.29 is 4.74 Å². The minimum Gasteiger partial charge on any atom is -0.494 e. The maximum absolute atomic E-state index is 6.01. The van der Waals surface area contributed by atoms with Gasteiger partial charge in [-0.15, -0.1) is 0 Å². The van der Waals surface area contributed by atoms with Gasteiger partial charge in [-0.05, 0) is 77.6 Å². The summed E-state index contributed by atoms with van der Waals surface area (Å²) in [6.07, 6.45) is 5.58. The fourth-order valence-electron chi connectivity index (χ4n) is 4.37. The molecule has 0 aliphatic carbocycles. The van der Waals surface area contributed by atoms with Gasteiger partial charge in [0.05, 0.1) is 12.3 Å². The predicted octanol–water partition coefficient (Wildman–Crippen LogP) is 6.52. The molecular weight excluding hydrogens is 450 g/mol. The van der Waals surface area contributed by atoms with Crippen LogP contribution in [0.25, 0.3) is 33.4 Å². The Kier molecular flexibility index (Phi) is 6.05. The van der Waals surface area contributed by atoms with Crippen LogP contribution in [0, 0.1) is 0 Å². The SMILES string of the molecule is Brc1cnc2[nH]c(-c3ccccc3)c(-c3ccc(OCCCN4CCCC4)cc3)c2c1. The lowest BCUT2D eigenvalue weighted by molar-refractivity contribution is 0.263. The summed E-state index contributed by atoms with van der Waals surface area (Å²) in [5.74, 6) is 0.922. The van der Waals surface area contributed by atoms with Crippen LogP contribution in [-0.2, 0) is 0 Å². The van der Waals surface area contributed by atoms with E-state index in [1.54, 1.807) is 0 Å². The lowest BCUT2D eigenvalue weighted by Crippen LogP contribution is -2.21. The van der Waals surface area contributed by atoms with E-state index in [1.165, 1.54) is 25.9 Å². The lowest BCUT2D eigenvalue weighted by atomic mass is 9.99. The summed E-state index contributed by atoms with van der Waals surface area (Å²) in [7, 11) is 0. The largest absolute Gasteiger partial charge is 0.494 e. The summed E-state index contributed by atoms with van der Waals surface area (Å²) in [5.41, 5.74) is 5.43. The molecule has 1 aliphatic heterocycles. The number of H-pyrrole nitrogens is 1. The Morgan fingerprint density at radius 1 is 0.968 bits per heavy atom. The van der Waals surface area contributed by atoms with Gasteiger partial charge in [0.2, 0.25) is 0 Å². The standard InChI is InChI=1S/C26H26BrN3O/c27-21-17-23-24(25(29-26(23)28-18-21)20-7-2-1-3-8-20)19-9-11-22(12-10-19)31-16-6-15-30-13-4-5-14-30/h1-3,7-12,17-18H,4-6,13-16H2,(H,28,29). The number of ether oxygens (including phenoxy) is 1. The summed E-state index contributed by atoms with van der Waals surface area (Å²) >= 11 is 3.58. The van der Waals surface area contributed by atoms with E-state index in [0.717, 1.165) is 63.2 Å². The van der Waals surface area contributed by atoms with Crippen molar-refractivity contribution in [3.8, 4) is 28.1 Å². The van der Waals surface area contributed by atoms with Gasteiger partial charge in [0.25, 0.3) is 0 Å². The van der Waals surface area contributed by atoms with E-state index in [-0.39, 0.29) is 0 Å². The summed E-state index contributed by atoms with van der Waals surface area (Å²) in [6, 6.07) is 21.0. The third kappa shape index (κ3) is 4.53. The number of hydrogen-bond acceptors (Lipinski definition) is 3. The molecule has 4 nitrogen and oxygen atoms in total. The summed E-state index contributed by atoms with van der Waals surface area (Å²) in [4.78, 5) is 10.6. The molecule has 0 unspecified atom stereocenters. The monoisotopic (exact) mass is 475 g/mol. The van der Waals surface area contributed by atoms with Crippen molar-refractivity contribution in [1.29, 1.82) is 0 Å². The van der Waals surface area contributed by atoms with Crippen molar-refractivity contribution in [1.82, 2.24) is 14.9 Å². The van der Waals surface area contributed by atoms with E-state index in [9.17, 15) is 0 Å². The Morgan fingerprint density at radius 2 is 1.74 bits per heavy atom. The highest BCUT2D eigenvalue weighted by Crippen LogP contribution is 2.39. The fraction of sp³-hybridized carbons (Fsp3) is 0.269. The summed E-state index contributed by atoms with van der Waals surface area (Å²) < 4.78 is 6.98. The second kappa shape index (κ2) is 9.25. The number of rotatable bonds is 7. The van der Waals surface area contributed by atoms with E-state index in [1.807, 2.05) is 12.3 Å². The normalized spacial score (nSPS) is 14.4. The molecule has 2 aromatic carbocycles. The molecule has 0 spiro atoms. The quantitative estimate of drug-likeness (QED) is 0.309. The van der Waals surface area contributed by atoms with Gasteiger partial charge in [0.1, 0.15) is 11.4 Å². The number of benzene rings is 2. The Labute approximate surface area is 191 Å². The predicted molar refractivity (Wildman–Crippen MR) is 130 cm³/mol. The average molecular weight is 476 g/mol. The van der Waals surface area contributed by atoms with Crippen LogP contribution < -0.4 is 4.74 Å². The first-order valence-electron chi connectivity index (χ1n) is 11.0. The number of hydrogen-bond donors (Lipinski definition) is 1. The molecule has 31 heavy (non-hydrogen) atoms. The van der Waals surface area contributed by atoms with Crippen LogP contribution in [0.5, 0.6) is 5.75 Å². The van der Waals surface area contributed by atoms with Gasteiger partial charge in [-0.25, -0.2) is 4.98 Å². The smallest absolute Gasteiger partial charge is 0.138 e. The van der Waals surface area contributed by atoms with Gasteiger partial charge >= 0.3 is 0 Å². The Balaban J connectivity index is 1.39. The molecular formula is C26H26BrN3O. The minimum atomic E-state index is 0.759. The number of nitrogens with one attached hydrogen (secondary N) is 1. The van der Waals surface area contributed by atoms with Crippen molar-refractivity contribution in [2.24, 2.45) is 0 Å². The molecule has 1 aliphatic rings. The molecule has 2 aromatic heterocycles. The molecule has 1 fully saturated rings. The highest BCUT2D eigenvalue weighted by molar-refractivity contribution is 9.10. The molecule has 1 N–H and O–H groups in total. The second-order valence-electron chi connectivity index (χ2n) is 8.07. The molecule has 0 bridgehead atoms. The number of halogens is 1. The average Bonchev–Trinajstić information content (AvgIpc) is 3.45. The van der Waals surface area contributed by atoms with Crippen LogP contribution in [0.15, 0.2) is 71.3 Å². The molecule has 0 radical (unpaired) electrons. The first-order valence-corrected chi connectivity index (χ1v) is 11.8. The van der Waals surface area contributed by atoms with Gasteiger partial charge in [-0.1, -0.05) is 42.5 Å². The first-order chi connectivity index (χ1) is 15.3. The molecule has 4 aromatic rings. The highest BCUT2D eigenvalue weighted by Gasteiger charge is 2.16. The maximum atomic E-state index is 6.01. The van der Waals surface area contributed by atoms with Crippen LogP contribution in [-0.4, -0.2) is 41.1 Å². The zero-order valence-electron chi connectivity index (χ0n) is 17.5. The van der Waals surface area contributed by atoms with E-state index in [4.69, 9.17) is 4.74 Å². The van der Waals surface area contributed by atoms with E-state index < -0.39 is 0 Å². The van der Waals surface area contributed by atoms with Crippen LogP contribution in [0.1, 0.15) is 19.3 Å². The van der Waals surface area contributed by atoms with Crippen molar-refractivity contribution in [2.45, 2.75) is 19.3 Å².